The van der Waals surface area contributed by atoms with Gasteiger partial charge in [-0.3, -0.25) is 0 Å². The summed E-state index contributed by atoms with van der Waals surface area (Å²) in [5.41, 5.74) is 1.21. The van der Waals surface area contributed by atoms with Gasteiger partial charge < -0.3 is 9.47 Å². The molecule has 1 unspecified atom stereocenters. The smallest absolute Gasteiger partial charge is 0.161 e. The molecule has 0 amide bonds. The highest BCUT2D eigenvalue weighted by Crippen LogP contribution is 2.37. The van der Waals surface area contributed by atoms with E-state index in [0.29, 0.717) is 5.92 Å². The fourth-order valence-electron chi connectivity index (χ4n) is 1.62. The molecule has 0 bridgehead atoms. The van der Waals surface area contributed by atoms with Gasteiger partial charge in [0.1, 0.15) is 0 Å². The number of rotatable bonds is 5. The Hall–Kier alpha value is -0.960. The van der Waals surface area contributed by atoms with Gasteiger partial charge in [-0.1, -0.05) is 28.9 Å². The highest BCUT2D eigenvalue weighted by Gasteiger charge is 2.13. The van der Waals surface area contributed by atoms with Crippen LogP contribution in [0.25, 0.3) is 0 Å². The summed E-state index contributed by atoms with van der Waals surface area (Å²) in [6.45, 7) is 5.92. The summed E-state index contributed by atoms with van der Waals surface area (Å²) in [6, 6.07) is 3.95. The lowest BCUT2D eigenvalue weighted by molar-refractivity contribution is 0.354. The standard InChI is InChI=1S/C13H17BrO2/c1-5-6-9(2)10-7-12(15-3)13(16-4)8-11(10)14/h5,7-9H,1,6H2,2-4H3. The Bertz CT molecular complexity index is 374. The van der Waals surface area contributed by atoms with Crippen molar-refractivity contribution in [3.8, 4) is 11.5 Å². The van der Waals surface area contributed by atoms with Crippen LogP contribution in [0.4, 0.5) is 0 Å². The van der Waals surface area contributed by atoms with Gasteiger partial charge in [-0.2, -0.15) is 0 Å². The van der Waals surface area contributed by atoms with Crippen molar-refractivity contribution < 1.29 is 9.47 Å². The zero-order valence-corrected chi connectivity index (χ0v) is 11.5. The number of halogens is 1. The van der Waals surface area contributed by atoms with Crippen LogP contribution in [0, 0.1) is 0 Å². The summed E-state index contributed by atoms with van der Waals surface area (Å²) in [5, 5.41) is 0. The van der Waals surface area contributed by atoms with Gasteiger partial charge in [-0.25, -0.2) is 0 Å². The number of hydrogen-bond acceptors (Lipinski definition) is 2. The topological polar surface area (TPSA) is 18.5 Å². The van der Waals surface area contributed by atoms with Crippen LogP contribution >= 0.6 is 15.9 Å². The molecule has 0 aromatic heterocycles. The lowest BCUT2D eigenvalue weighted by Gasteiger charge is -2.15. The Labute approximate surface area is 105 Å². The zero-order chi connectivity index (χ0) is 12.1. The van der Waals surface area contributed by atoms with Crippen LogP contribution in [-0.2, 0) is 0 Å². The molecule has 0 aliphatic carbocycles. The highest BCUT2D eigenvalue weighted by molar-refractivity contribution is 9.10. The van der Waals surface area contributed by atoms with Crippen LogP contribution < -0.4 is 9.47 Å². The van der Waals surface area contributed by atoms with Gasteiger partial charge in [-0.05, 0) is 30.0 Å². The minimum atomic E-state index is 0.409. The van der Waals surface area contributed by atoms with E-state index in [1.165, 1.54) is 5.56 Å². The van der Waals surface area contributed by atoms with Gasteiger partial charge in [0, 0.05) is 4.47 Å². The van der Waals surface area contributed by atoms with Gasteiger partial charge in [0.05, 0.1) is 14.2 Å². The quantitative estimate of drug-likeness (QED) is 0.757. The molecule has 88 valence electrons. The van der Waals surface area contributed by atoms with E-state index in [-0.39, 0.29) is 0 Å². The predicted octanol–water partition coefficient (Wildman–Crippen LogP) is 4.15. The summed E-state index contributed by atoms with van der Waals surface area (Å²) in [4.78, 5) is 0. The summed E-state index contributed by atoms with van der Waals surface area (Å²) in [7, 11) is 3.28. The largest absolute Gasteiger partial charge is 0.493 e. The first kappa shape index (κ1) is 13.1. The third-order valence-electron chi connectivity index (χ3n) is 2.55. The first-order valence-electron chi connectivity index (χ1n) is 5.16. The van der Waals surface area contributed by atoms with Crippen LogP contribution in [0.5, 0.6) is 11.5 Å². The third-order valence-corrected chi connectivity index (χ3v) is 3.24. The summed E-state index contributed by atoms with van der Waals surface area (Å²) in [5.74, 6) is 1.91. The Balaban J connectivity index is 3.15. The Morgan fingerprint density at radius 3 is 2.38 bits per heavy atom. The summed E-state index contributed by atoms with van der Waals surface area (Å²) >= 11 is 3.55. The monoisotopic (exact) mass is 284 g/mol. The Kier molecular flexibility index (Phi) is 4.87. The average molecular weight is 285 g/mol. The van der Waals surface area contributed by atoms with Crippen LogP contribution in [0.2, 0.25) is 0 Å². The van der Waals surface area contributed by atoms with E-state index in [0.717, 1.165) is 22.4 Å². The van der Waals surface area contributed by atoms with Crippen molar-refractivity contribution >= 4 is 15.9 Å². The second-order valence-corrected chi connectivity index (χ2v) is 4.51. The lowest BCUT2D eigenvalue weighted by atomic mass is 9.97. The highest BCUT2D eigenvalue weighted by atomic mass is 79.9. The SMILES string of the molecule is C=CCC(C)c1cc(OC)c(OC)cc1Br. The molecule has 1 aromatic carbocycles. The molecule has 0 radical (unpaired) electrons. The molecule has 1 aromatic rings. The van der Waals surface area contributed by atoms with E-state index >= 15 is 0 Å². The molecule has 0 aliphatic heterocycles. The van der Waals surface area contributed by atoms with Crippen molar-refractivity contribution in [1.82, 2.24) is 0 Å². The van der Waals surface area contributed by atoms with Crippen LogP contribution in [-0.4, -0.2) is 14.2 Å². The van der Waals surface area contributed by atoms with Gasteiger partial charge in [0.15, 0.2) is 11.5 Å². The molecule has 0 N–H and O–H groups in total. The Morgan fingerprint density at radius 2 is 1.88 bits per heavy atom. The molecule has 0 saturated carbocycles. The van der Waals surface area contributed by atoms with Crippen LogP contribution in [0.1, 0.15) is 24.8 Å². The molecular formula is C13H17BrO2. The molecule has 0 saturated heterocycles. The lowest BCUT2D eigenvalue weighted by Crippen LogP contribution is -1.97. The molecule has 2 nitrogen and oxygen atoms in total. The minimum Gasteiger partial charge on any atom is -0.493 e. The molecule has 0 heterocycles. The van der Waals surface area contributed by atoms with E-state index < -0.39 is 0 Å². The van der Waals surface area contributed by atoms with E-state index in [2.05, 4.69) is 29.4 Å². The van der Waals surface area contributed by atoms with Gasteiger partial charge >= 0.3 is 0 Å². The van der Waals surface area contributed by atoms with Gasteiger partial charge in [0.25, 0.3) is 0 Å². The van der Waals surface area contributed by atoms with Gasteiger partial charge in [-0.15, -0.1) is 6.58 Å². The molecule has 0 aliphatic rings. The number of benzene rings is 1. The van der Waals surface area contributed by atoms with Crippen molar-refractivity contribution in [3.05, 3.63) is 34.8 Å². The van der Waals surface area contributed by atoms with Crippen molar-refractivity contribution in [2.24, 2.45) is 0 Å². The molecule has 16 heavy (non-hydrogen) atoms. The van der Waals surface area contributed by atoms with Crippen molar-refractivity contribution in [2.45, 2.75) is 19.3 Å². The fraction of sp³-hybridized carbons (Fsp3) is 0.385. The van der Waals surface area contributed by atoms with Crippen LogP contribution in [0.3, 0.4) is 0 Å². The van der Waals surface area contributed by atoms with Crippen molar-refractivity contribution in [1.29, 1.82) is 0 Å². The maximum atomic E-state index is 5.29. The molecule has 3 heteroatoms. The van der Waals surface area contributed by atoms with Gasteiger partial charge in [0.2, 0.25) is 0 Å². The minimum absolute atomic E-state index is 0.409. The second-order valence-electron chi connectivity index (χ2n) is 3.65. The zero-order valence-electron chi connectivity index (χ0n) is 9.92. The number of hydrogen-bond donors (Lipinski definition) is 0. The summed E-state index contributed by atoms with van der Waals surface area (Å²) < 4.78 is 11.6. The van der Waals surface area contributed by atoms with Crippen LogP contribution in [0.15, 0.2) is 29.3 Å². The number of ether oxygens (including phenoxy) is 2. The van der Waals surface area contributed by atoms with E-state index in [9.17, 15) is 0 Å². The van der Waals surface area contributed by atoms with E-state index in [1.807, 2.05) is 18.2 Å². The number of methoxy groups -OCH3 is 2. The normalized spacial score (nSPS) is 12.0. The Morgan fingerprint density at radius 1 is 1.31 bits per heavy atom. The maximum Gasteiger partial charge on any atom is 0.161 e. The number of allylic oxidation sites excluding steroid dienone is 1. The molecule has 1 atom stereocenters. The molecule has 0 spiro atoms. The first-order valence-corrected chi connectivity index (χ1v) is 5.95. The molecular weight excluding hydrogens is 268 g/mol. The first-order chi connectivity index (χ1) is 7.63. The molecule has 0 fully saturated rings. The predicted molar refractivity (Wildman–Crippen MR) is 70.5 cm³/mol. The second kappa shape index (κ2) is 5.94. The maximum absolute atomic E-state index is 5.29. The fourth-order valence-corrected chi connectivity index (χ4v) is 2.34. The molecule has 1 rings (SSSR count). The van der Waals surface area contributed by atoms with Crippen molar-refractivity contribution in [3.63, 3.8) is 0 Å². The van der Waals surface area contributed by atoms with Crippen molar-refractivity contribution in [2.75, 3.05) is 14.2 Å². The summed E-state index contributed by atoms with van der Waals surface area (Å²) in [6.07, 6.45) is 2.86. The van der Waals surface area contributed by atoms with E-state index in [1.54, 1.807) is 14.2 Å². The average Bonchev–Trinajstić information content (AvgIpc) is 2.28. The van der Waals surface area contributed by atoms with E-state index in [4.69, 9.17) is 9.47 Å². The third kappa shape index (κ3) is 2.79.